The molecule has 2 aromatic rings. The number of carbonyl (C=O) groups is 1. The van der Waals surface area contributed by atoms with Gasteiger partial charge in [-0.1, -0.05) is 31.2 Å². The monoisotopic (exact) mass is 355 g/mol. The molecule has 1 heterocycles. The summed E-state index contributed by atoms with van der Waals surface area (Å²) in [7, 11) is 3.96. The summed E-state index contributed by atoms with van der Waals surface area (Å²) in [5, 5.41) is 0.412. The normalized spacial score (nSPS) is 12.7. The Kier molecular flexibility index (Phi) is 6.65. The minimum absolute atomic E-state index is 0.0348. The molecule has 0 saturated heterocycles. The Morgan fingerprint density at radius 3 is 2.20 bits per heavy atom. The van der Waals surface area contributed by atoms with Crippen LogP contribution in [-0.2, 0) is 19.0 Å². The Hall–Kier alpha value is -2.27. The number of rotatable bonds is 7. The van der Waals surface area contributed by atoms with Crippen molar-refractivity contribution in [2.75, 3.05) is 25.5 Å². The first-order valence-electron chi connectivity index (χ1n) is 8.50. The number of pyridine rings is 1. The zero-order valence-corrected chi connectivity index (χ0v) is 16.1. The number of ketones is 1. The number of nitrogens with zero attached hydrogens (tertiary/aromatic N) is 3. The topological polar surface area (TPSA) is 36.6 Å². The van der Waals surface area contributed by atoms with Gasteiger partial charge in [0.2, 0.25) is 11.8 Å². The molecule has 0 fully saturated rings. The van der Waals surface area contributed by atoms with E-state index in [1.54, 1.807) is 0 Å². The summed E-state index contributed by atoms with van der Waals surface area (Å²) in [6.45, 7) is 4.58. The van der Waals surface area contributed by atoms with Crippen molar-refractivity contribution in [1.29, 1.82) is 0 Å². The number of hydrogen-bond acceptors (Lipinski definition) is 4. The first-order valence-corrected chi connectivity index (χ1v) is 8.91. The molecular formula is C20H25N3OS. The standard InChI is InChI=1S/C20H25N3OS/c1-5-15-7-9-16(10-8-15)19(24)18(20(25)21-6-2)23-13-11-17(12-14-23)22(3)4/h7-14,18H,5-6H2,1-4H3/t18-/m0/s1. The average molecular weight is 356 g/mol. The second kappa shape index (κ2) is 8.72. The van der Waals surface area contributed by atoms with E-state index in [9.17, 15) is 4.79 Å². The molecule has 0 saturated carbocycles. The van der Waals surface area contributed by atoms with Crippen LogP contribution in [0.3, 0.4) is 0 Å². The number of carbonyl (C=O) groups excluding carboxylic acids is 1. The third kappa shape index (κ3) is 4.63. The van der Waals surface area contributed by atoms with Crippen molar-refractivity contribution in [2.45, 2.75) is 26.3 Å². The van der Waals surface area contributed by atoms with Gasteiger partial charge in [0.05, 0.1) is 0 Å². The maximum Gasteiger partial charge on any atom is 0.237 e. The molecule has 0 aliphatic carbocycles. The van der Waals surface area contributed by atoms with Gasteiger partial charge in [-0.25, -0.2) is 0 Å². The maximum atomic E-state index is 13.1. The van der Waals surface area contributed by atoms with Crippen LogP contribution in [0.2, 0.25) is 0 Å². The summed E-state index contributed by atoms with van der Waals surface area (Å²) in [5.74, 6) is -0.0348. The molecule has 1 aromatic heterocycles. The van der Waals surface area contributed by atoms with Gasteiger partial charge in [-0.2, -0.15) is 4.57 Å². The molecule has 2 rings (SSSR count). The fourth-order valence-electron chi connectivity index (χ4n) is 2.58. The van der Waals surface area contributed by atoms with Crippen molar-refractivity contribution >= 4 is 29.1 Å². The Labute approximate surface area is 155 Å². The Morgan fingerprint density at radius 1 is 1.12 bits per heavy atom. The molecule has 4 nitrogen and oxygen atoms in total. The lowest BCUT2D eigenvalue weighted by Gasteiger charge is -2.19. The van der Waals surface area contributed by atoms with Crippen molar-refractivity contribution in [3.05, 3.63) is 59.9 Å². The van der Waals surface area contributed by atoms with Crippen LogP contribution in [0.4, 0.5) is 5.69 Å². The summed E-state index contributed by atoms with van der Waals surface area (Å²) in [6, 6.07) is 11.1. The van der Waals surface area contributed by atoms with Crippen LogP contribution < -0.4 is 9.47 Å². The predicted octanol–water partition coefficient (Wildman–Crippen LogP) is 2.99. The molecule has 0 amide bonds. The molecule has 1 atom stereocenters. The lowest BCUT2D eigenvalue weighted by molar-refractivity contribution is -0.691. The average Bonchev–Trinajstić information content (AvgIpc) is 2.62. The zero-order valence-electron chi connectivity index (χ0n) is 15.3. The molecule has 0 unspecified atom stereocenters. The summed E-state index contributed by atoms with van der Waals surface area (Å²) in [4.78, 5) is 19.4. The molecule has 0 radical (unpaired) electrons. The lowest BCUT2D eigenvalue weighted by atomic mass is 10.0. The molecule has 0 N–H and O–H groups in total. The van der Waals surface area contributed by atoms with Gasteiger partial charge in [-0.05, 0) is 24.0 Å². The van der Waals surface area contributed by atoms with E-state index >= 15 is 0 Å². The number of aryl methyl sites for hydroxylation is 1. The highest BCUT2D eigenvalue weighted by Gasteiger charge is 2.28. The predicted molar refractivity (Wildman–Crippen MR) is 105 cm³/mol. The first-order chi connectivity index (χ1) is 12.0. The van der Waals surface area contributed by atoms with Crippen molar-refractivity contribution in [3.8, 4) is 0 Å². The van der Waals surface area contributed by atoms with E-state index in [0.717, 1.165) is 12.1 Å². The number of benzene rings is 1. The van der Waals surface area contributed by atoms with E-state index in [2.05, 4.69) is 11.9 Å². The summed E-state index contributed by atoms with van der Waals surface area (Å²) >= 11 is 5.45. The van der Waals surface area contributed by atoms with Crippen LogP contribution >= 0.6 is 0 Å². The molecule has 1 aromatic carbocycles. The van der Waals surface area contributed by atoms with Crippen molar-refractivity contribution < 1.29 is 9.36 Å². The minimum atomic E-state index is -0.598. The fourth-order valence-corrected chi connectivity index (χ4v) is 2.94. The number of hydrogen-bond donors (Lipinski definition) is 0. The van der Waals surface area contributed by atoms with Crippen LogP contribution in [0, 0.1) is 0 Å². The number of aliphatic imine (C=N–C) groups is 1. The van der Waals surface area contributed by atoms with Gasteiger partial charge in [-0.3, -0.25) is 4.79 Å². The second-order valence-corrected chi connectivity index (χ2v) is 6.45. The van der Waals surface area contributed by atoms with Gasteiger partial charge in [0, 0.05) is 44.0 Å². The van der Waals surface area contributed by atoms with Crippen molar-refractivity contribution in [2.24, 2.45) is 4.99 Å². The Morgan fingerprint density at radius 2 is 1.72 bits per heavy atom. The molecule has 132 valence electrons. The molecule has 0 aliphatic rings. The van der Waals surface area contributed by atoms with Crippen molar-refractivity contribution in [3.63, 3.8) is 0 Å². The molecule has 5 heteroatoms. The third-order valence-corrected chi connectivity index (χ3v) is 4.44. The summed E-state index contributed by atoms with van der Waals surface area (Å²) in [6.07, 6.45) is 4.72. The van der Waals surface area contributed by atoms with Gasteiger partial charge in [0.15, 0.2) is 12.4 Å². The van der Waals surface area contributed by atoms with E-state index < -0.39 is 6.04 Å². The van der Waals surface area contributed by atoms with Gasteiger partial charge < -0.3 is 22.5 Å². The Balaban J connectivity index is 2.41. The molecule has 25 heavy (non-hydrogen) atoms. The fraction of sp³-hybridized carbons (Fsp3) is 0.350. The first kappa shape index (κ1) is 19.1. The largest absolute Gasteiger partial charge is 0.758 e. The van der Waals surface area contributed by atoms with Crippen molar-refractivity contribution in [1.82, 2.24) is 0 Å². The summed E-state index contributed by atoms with van der Waals surface area (Å²) < 4.78 is 1.84. The lowest BCUT2D eigenvalue weighted by Crippen LogP contribution is -2.47. The SMILES string of the molecule is CCN=C([S-])[C@H](C(=O)c1ccc(CC)cc1)[n+]1ccc(N(C)C)cc1. The maximum absolute atomic E-state index is 13.1. The zero-order chi connectivity index (χ0) is 18.4. The molecule has 0 aliphatic heterocycles. The molecule has 0 bridgehead atoms. The van der Waals surface area contributed by atoms with E-state index in [-0.39, 0.29) is 5.78 Å². The third-order valence-electron chi connectivity index (χ3n) is 4.09. The van der Waals surface area contributed by atoms with E-state index in [1.165, 1.54) is 5.56 Å². The molecular weight excluding hydrogens is 330 g/mol. The second-order valence-electron chi connectivity index (χ2n) is 6.03. The van der Waals surface area contributed by atoms with Gasteiger partial charge in [0.1, 0.15) is 0 Å². The van der Waals surface area contributed by atoms with Crippen LogP contribution in [0.15, 0.2) is 53.8 Å². The van der Waals surface area contributed by atoms with Crippen LogP contribution in [0.25, 0.3) is 0 Å². The summed E-state index contributed by atoms with van der Waals surface area (Å²) in [5.41, 5.74) is 2.92. The van der Waals surface area contributed by atoms with E-state index in [4.69, 9.17) is 12.6 Å². The molecule has 0 spiro atoms. The van der Waals surface area contributed by atoms with Crippen LogP contribution in [0.1, 0.15) is 35.8 Å². The highest BCUT2D eigenvalue weighted by molar-refractivity contribution is 7.77. The van der Waals surface area contributed by atoms with Gasteiger partial charge >= 0.3 is 0 Å². The minimum Gasteiger partial charge on any atom is -0.758 e. The van der Waals surface area contributed by atoms with Crippen LogP contribution in [-0.4, -0.2) is 31.5 Å². The highest BCUT2D eigenvalue weighted by atomic mass is 32.1. The smallest absolute Gasteiger partial charge is 0.237 e. The van der Waals surface area contributed by atoms with E-state index in [0.29, 0.717) is 17.2 Å². The van der Waals surface area contributed by atoms with Gasteiger partial charge in [-0.15, -0.1) is 0 Å². The number of aromatic nitrogens is 1. The number of anilines is 1. The van der Waals surface area contributed by atoms with Gasteiger partial charge in [0.25, 0.3) is 0 Å². The Bertz CT molecular complexity index is 737. The quantitative estimate of drug-likeness (QED) is 0.252. The number of Topliss-reactive ketones (excluding diaryl/α,β-unsaturated/α-hetero) is 1. The van der Waals surface area contributed by atoms with Crippen LogP contribution in [0.5, 0.6) is 0 Å². The van der Waals surface area contributed by atoms with E-state index in [1.807, 2.05) is 79.3 Å². The highest BCUT2D eigenvalue weighted by Crippen LogP contribution is 2.15.